The fourth-order valence-corrected chi connectivity index (χ4v) is 4.74. The van der Waals surface area contributed by atoms with Crippen molar-refractivity contribution < 1.29 is 19.1 Å². The summed E-state index contributed by atoms with van der Waals surface area (Å²) in [6.45, 7) is 13.2. The van der Waals surface area contributed by atoms with Gasteiger partial charge in [-0.25, -0.2) is 24.5 Å². The van der Waals surface area contributed by atoms with Gasteiger partial charge in [0.25, 0.3) is 0 Å². The first-order chi connectivity index (χ1) is 18.8. The van der Waals surface area contributed by atoms with Crippen LogP contribution >= 0.6 is 0 Å². The van der Waals surface area contributed by atoms with Gasteiger partial charge in [-0.05, 0) is 78.6 Å². The first-order valence-corrected chi connectivity index (χ1v) is 13.6. The highest BCUT2D eigenvalue weighted by Gasteiger charge is 2.54. The summed E-state index contributed by atoms with van der Waals surface area (Å²) in [5, 5.41) is 3.62. The predicted molar refractivity (Wildman–Crippen MR) is 151 cm³/mol. The van der Waals surface area contributed by atoms with Crippen molar-refractivity contribution in [3.63, 3.8) is 0 Å². The second-order valence-electron chi connectivity index (χ2n) is 12.4. The Labute approximate surface area is 234 Å². The van der Waals surface area contributed by atoms with Gasteiger partial charge >= 0.3 is 12.2 Å². The van der Waals surface area contributed by atoms with Gasteiger partial charge in [0.05, 0.1) is 34.7 Å². The Morgan fingerprint density at radius 3 is 2.38 bits per heavy atom. The van der Waals surface area contributed by atoms with Gasteiger partial charge in [0.1, 0.15) is 11.2 Å². The molecule has 0 unspecified atom stereocenters. The van der Waals surface area contributed by atoms with E-state index in [1.54, 1.807) is 12.4 Å². The molecule has 212 valence electrons. The molecule has 1 aliphatic heterocycles. The van der Waals surface area contributed by atoms with E-state index in [1.165, 1.54) is 0 Å². The van der Waals surface area contributed by atoms with E-state index in [-0.39, 0.29) is 18.2 Å². The topological polar surface area (TPSA) is 123 Å². The van der Waals surface area contributed by atoms with Crippen molar-refractivity contribution in [2.45, 2.75) is 77.7 Å². The lowest BCUT2D eigenvalue weighted by Crippen LogP contribution is -2.58. The van der Waals surface area contributed by atoms with Crippen LogP contribution in [-0.4, -0.2) is 73.4 Å². The molecule has 2 amide bonds. The van der Waals surface area contributed by atoms with Crippen molar-refractivity contribution >= 4 is 29.0 Å². The number of pyridine rings is 2. The molecule has 1 spiro atoms. The highest BCUT2D eigenvalue weighted by molar-refractivity contribution is 5.81. The number of carbonyl (C=O) groups is 2. The zero-order valence-corrected chi connectivity index (χ0v) is 24.0. The van der Waals surface area contributed by atoms with E-state index >= 15 is 0 Å². The van der Waals surface area contributed by atoms with Crippen molar-refractivity contribution in [3.8, 4) is 11.4 Å². The van der Waals surface area contributed by atoms with Gasteiger partial charge in [-0.1, -0.05) is 0 Å². The van der Waals surface area contributed by atoms with Crippen molar-refractivity contribution in [2.24, 2.45) is 0 Å². The van der Waals surface area contributed by atoms with Gasteiger partial charge in [0.2, 0.25) is 5.95 Å². The third-order valence-corrected chi connectivity index (χ3v) is 6.72. The monoisotopic (exact) mass is 547 g/mol. The van der Waals surface area contributed by atoms with Gasteiger partial charge < -0.3 is 19.7 Å². The lowest BCUT2D eigenvalue weighted by molar-refractivity contribution is 0.0105. The number of piperazine rings is 1. The zero-order valence-electron chi connectivity index (χ0n) is 24.0. The average molecular weight is 548 g/mol. The largest absolute Gasteiger partial charge is 0.444 e. The summed E-state index contributed by atoms with van der Waals surface area (Å²) in [4.78, 5) is 47.5. The average Bonchev–Trinajstić information content (AvgIpc) is 3.63. The van der Waals surface area contributed by atoms with Gasteiger partial charge in [0.15, 0.2) is 0 Å². The lowest BCUT2D eigenvalue weighted by Gasteiger charge is -2.42. The summed E-state index contributed by atoms with van der Waals surface area (Å²) in [5.41, 5.74) is 1.51. The molecular formula is C29H37N7O4. The number of rotatable bonds is 4. The summed E-state index contributed by atoms with van der Waals surface area (Å²) in [6.07, 6.45) is 4.61. The molecule has 11 nitrogen and oxygen atoms in total. The molecule has 0 bridgehead atoms. The zero-order chi connectivity index (χ0) is 28.7. The molecule has 0 atom stereocenters. The molecular weight excluding hydrogens is 510 g/mol. The Kier molecular flexibility index (Phi) is 7.01. The second kappa shape index (κ2) is 10.2. The molecule has 1 saturated carbocycles. The van der Waals surface area contributed by atoms with Crippen LogP contribution in [-0.2, 0) is 16.0 Å². The van der Waals surface area contributed by atoms with Gasteiger partial charge in [-0.3, -0.25) is 9.88 Å². The molecule has 11 heteroatoms. The van der Waals surface area contributed by atoms with Crippen LogP contribution in [0, 0.1) is 0 Å². The van der Waals surface area contributed by atoms with Crippen LogP contribution in [0.4, 0.5) is 15.5 Å². The molecule has 40 heavy (non-hydrogen) atoms. The molecule has 1 aliphatic carbocycles. The minimum Gasteiger partial charge on any atom is -0.444 e. The number of ether oxygens (including phenoxy) is 2. The van der Waals surface area contributed by atoms with E-state index in [0.29, 0.717) is 42.7 Å². The smallest absolute Gasteiger partial charge is 0.410 e. The number of nitrogens with one attached hydrogen (secondary N) is 1. The molecule has 5 rings (SSSR count). The van der Waals surface area contributed by atoms with Crippen molar-refractivity contribution in [2.75, 3.05) is 24.5 Å². The third kappa shape index (κ3) is 6.40. The minimum absolute atomic E-state index is 0.224. The highest BCUT2D eigenvalue weighted by atomic mass is 16.6. The van der Waals surface area contributed by atoms with Crippen molar-refractivity contribution in [1.29, 1.82) is 0 Å². The van der Waals surface area contributed by atoms with E-state index in [1.807, 2.05) is 70.7 Å². The predicted octanol–water partition coefficient (Wildman–Crippen LogP) is 4.70. The number of hydrogen-bond donors (Lipinski definition) is 1. The quantitative estimate of drug-likeness (QED) is 0.495. The Morgan fingerprint density at radius 1 is 0.950 bits per heavy atom. The molecule has 3 aromatic rings. The fourth-order valence-electron chi connectivity index (χ4n) is 4.74. The maximum Gasteiger partial charge on any atom is 0.410 e. The summed E-state index contributed by atoms with van der Waals surface area (Å²) in [6, 6.07) is 7.56. The molecule has 1 N–H and O–H groups in total. The number of nitrogens with zero attached hydrogens (tertiary/aromatic N) is 6. The summed E-state index contributed by atoms with van der Waals surface area (Å²) < 4.78 is 11.0. The van der Waals surface area contributed by atoms with Crippen LogP contribution in [0.25, 0.3) is 22.3 Å². The number of alkyl carbamates (subject to hydrolysis) is 1. The minimum atomic E-state index is -0.571. The number of carbonyl (C=O) groups excluding carboxylic acids is 2. The number of fused-ring (bicyclic) bond motifs is 1. The van der Waals surface area contributed by atoms with Crippen LogP contribution in [0.5, 0.6) is 0 Å². The van der Waals surface area contributed by atoms with Crippen LogP contribution in [0.15, 0.2) is 36.7 Å². The summed E-state index contributed by atoms with van der Waals surface area (Å²) in [7, 11) is 0. The maximum atomic E-state index is 12.8. The van der Waals surface area contributed by atoms with Gasteiger partial charge in [-0.15, -0.1) is 0 Å². The van der Waals surface area contributed by atoms with Crippen LogP contribution in [0.3, 0.4) is 0 Å². The molecule has 3 aromatic heterocycles. The number of anilines is 1. The third-order valence-electron chi connectivity index (χ3n) is 6.72. The molecule has 2 fully saturated rings. The van der Waals surface area contributed by atoms with E-state index in [9.17, 15) is 9.59 Å². The van der Waals surface area contributed by atoms with Crippen LogP contribution < -0.4 is 10.2 Å². The lowest BCUT2D eigenvalue weighted by atomic mass is 10.1. The summed E-state index contributed by atoms with van der Waals surface area (Å²) in [5.74, 6) is 0.617. The van der Waals surface area contributed by atoms with Crippen molar-refractivity contribution in [1.82, 2.24) is 30.2 Å². The first-order valence-electron chi connectivity index (χ1n) is 13.6. The highest BCUT2D eigenvalue weighted by Crippen LogP contribution is 2.45. The first kappa shape index (κ1) is 27.5. The van der Waals surface area contributed by atoms with E-state index in [2.05, 4.69) is 20.2 Å². The normalized spacial score (nSPS) is 16.6. The van der Waals surface area contributed by atoms with E-state index < -0.39 is 17.3 Å². The van der Waals surface area contributed by atoms with Crippen LogP contribution in [0.1, 0.15) is 60.1 Å². The number of amides is 2. The Balaban J connectivity index is 1.30. The van der Waals surface area contributed by atoms with Gasteiger partial charge in [0, 0.05) is 37.4 Å². The summed E-state index contributed by atoms with van der Waals surface area (Å²) >= 11 is 0. The molecule has 0 aromatic carbocycles. The van der Waals surface area contributed by atoms with Crippen molar-refractivity contribution in [3.05, 3.63) is 42.4 Å². The fraction of sp³-hybridized carbons (Fsp3) is 0.517. The maximum absolute atomic E-state index is 12.8. The number of aromatic nitrogens is 4. The number of hydrogen-bond acceptors (Lipinski definition) is 9. The molecule has 4 heterocycles. The Hall–Kier alpha value is -4.02. The van der Waals surface area contributed by atoms with E-state index in [4.69, 9.17) is 19.4 Å². The molecule has 2 aliphatic rings. The molecule has 1 saturated heterocycles. The Morgan fingerprint density at radius 2 is 1.68 bits per heavy atom. The molecule has 0 radical (unpaired) electrons. The van der Waals surface area contributed by atoms with E-state index in [0.717, 1.165) is 23.7 Å². The second-order valence-corrected chi connectivity index (χ2v) is 12.4. The standard InChI is InChI=1S/C29H37N7O4/c1-27(2,3)39-25(37)32-17-20-15-23-19(16-31-20)7-8-21(33-23)22-9-12-30-24(34-22)35-13-14-36(29(18-35)10-11-29)26(38)40-28(4,5)6/h7-9,12,15-16H,10-11,13-14,17-18H2,1-6H3,(H,32,37). The Bertz CT molecular complexity index is 1430. The SMILES string of the molecule is CC(C)(C)OC(=O)NCc1cc2nc(-c3ccnc(N4CCN(C(=O)OC(C)(C)C)C5(CC5)C4)n3)ccc2cn1. The van der Waals surface area contributed by atoms with Gasteiger partial charge in [-0.2, -0.15) is 0 Å². The van der Waals surface area contributed by atoms with Crippen LogP contribution in [0.2, 0.25) is 0 Å².